The Kier molecular flexibility index (Phi) is 5.68. The van der Waals surface area contributed by atoms with Crippen LogP contribution in [0.4, 0.5) is 5.69 Å². The summed E-state index contributed by atoms with van der Waals surface area (Å²) in [6, 6.07) is 22.5. The van der Waals surface area contributed by atoms with Crippen molar-refractivity contribution in [3.63, 3.8) is 0 Å². The van der Waals surface area contributed by atoms with E-state index < -0.39 is 11.8 Å². The van der Waals surface area contributed by atoms with Crippen LogP contribution in [0, 0.1) is 6.92 Å². The van der Waals surface area contributed by atoms with Crippen molar-refractivity contribution in [2.24, 2.45) is 0 Å². The first-order valence-electron chi connectivity index (χ1n) is 9.42. The molecule has 1 heterocycles. The first kappa shape index (κ1) is 19.9. The highest BCUT2D eigenvalue weighted by molar-refractivity contribution is 9.10. The number of hydrogen-bond donors (Lipinski definition) is 1. The maximum atomic E-state index is 12.9. The van der Waals surface area contributed by atoms with Gasteiger partial charge >= 0.3 is 0 Å². The molecule has 0 aromatic heterocycles. The van der Waals surface area contributed by atoms with Crippen LogP contribution in [0.5, 0.6) is 5.75 Å². The van der Waals surface area contributed by atoms with Crippen LogP contribution >= 0.6 is 15.9 Å². The number of carbonyl (C=O) groups excluding carboxylic acids is 2. The number of rotatable bonds is 5. The van der Waals surface area contributed by atoms with Gasteiger partial charge in [0.25, 0.3) is 11.8 Å². The Morgan fingerprint density at radius 2 is 1.73 bits per heavy atom. The first-order chi connectivity index (χ1) is 14.5. The molecule has 3 aromatic rings. The molecule has 0 spiro atoms. The largest absolute Gasteiger partial charge is 0.488 e. The molecule has 150 valence electrons. The van der Waals surface area contributed by atoms with Gasteiger partial charge in [0.2, 0.25) is 0 Å². The molecule has 0 unspecified atom stereocenters. The van der Waals surface area contributed by atoms with Crippen molar-refractivity contribution in [3.8, 4) is 5.75 Å². The summed E-state index contributed by atoms with van der Waals surface area (Å²) < 4.78 is 6.85. The summed E-state index contributed by atoms with van der Waals surface area (Å²) in [6.45, 7) is 2.42. The summed E-state index contributed by atoms with van der Waals surface area (Å²) in [5.74, 6) is -0.266. The van der Waals surface area contributed by atoms with E-state index in [1.54, 1.807) is 18.2 Å². The molecule has 1 aliphatic heterocycles. The van der Waals surface area contributed by atoms with Gasteiger partial charge in [-0.25, -0.2) is 5.01 Å². The van der Waals surface area contributed by atoms with Gasteiger partial charge in [-0.05, 0) is 54.5 Å². The van der Waals surface area contributed by atoms with Crippen molar-refractivity contribution in [2.45, 2.75) is 13.5 Å². The van der Waals surface area contributed by atoms with E-state index in [9.17, 15) is 9.59 Å². The van der Waals surface area contributed by atoms with Crippen LogP contribution in [0.2, 0.25) is 0 Å². The van der Waals surface area contributed by atoms with Crippen LogP contribution in [0.15, 0.2) is 82.8 Å². The van der Waals surface area contributed by atoms with Gasteiger partial charge in [-0.15, -0.1) is 0 Å². The number of aryl methyl sites for hydroxylation is 1. The minimum absolute atomic E-state index is 0.0534. The number of nitrogens with one attached hydrogen (secondary N) is 1. The van der Waals surface area contributed by atoms with E-state index in [1.807, 2.05) is 67.6 Å². The number of halogens is 1. The predicted octanol–water partition coefficient (Wildman–Crippen LogP) is 4.80. The van der Waals surface area contributed by atoms with E-state index in [4.69, 9.17) is 4.74 Å². The van der Waals surface area contributed by atoms with Crippen molar-refractivity contribution in [2.75, 3.05) is 5.01 Å². The van der Waals surface area contributed by atoms with Gasteiger partial charge in [0.05, 0.1) is 5.69 Å². The number of hydrazine groups is 1. The lowest BCUT2D eigenvalue weighted by atomic mass is 10.1. The number of carbonyl (C=O) groups is 2. The highest BCUT2D eigenvalue weighted by Gasteiger charge is 2.34. The molecule has 1 fully saturated rings. The summed E-state index contributed by atoms with van der Waals surface area (Å²) in [6.07, 6.45) is 1.57. The fraction of sp³-hybridized carbons (Fsp3) is 0.0833. The van der Waals surface area contributed by atoms with E-state index in [-0.39, 0.29) is 5.57 Å². The second-order valence-electron chi connectivity index (χ2n) is 6.87. The number of ether oxygens (including phenoxy) is 1. The van der Waals surface area contributed by atoms with Gasteiger partial charge in [-0.2, -0.15) is 0 Å². The minimum Gasteiger partial charge on any atom is -0.488 e. The average molecular weight is 463 g/mol. The van der Waals surface area contributed by atoms with E-state index in [1.165, 1.54) is 5.01 Å². The minimum atomic E-state index is -0.450. The Bertz CT molecular complexity index is 1140. The third kappa shape index (κ3) is 4.14. The van der Waals surface area contributed by atoms with Crippen molar-refractivity contribution in [3.05, 3.63) is 99.5 Å². The topological polar surface area (TPSA) is 58.6 Å². The molecular formula is C24H19BrN2O3. The number of anilines is 1. The molecular weight excluding hydrogens is 444 g/mol. The summed E-state index contributed by atoms with van der Waals surface area (Å²) in [5.41, 5.74) is 6.12. The number of hydrogen-bond acceptors (Lipinski definition) is 3. The molecule has 0 atom stereocenters. The average Bonchev–Trinajstić information content (AvgIpc) is 3.03. The third-order valence-electron chi connectivity index (χ3n) is 4.82. The highest BCUT2D eigenvalue weighted by Crippen LogP contribution is 2.29. The number of para-hydroxylation sites is 1. The zero-order valence-corrected chi connectivity index (χ0v) is 17.8. The van der Waals surface area contributed by atoms with E-state index in [0.29, 0.717) is 23.6 Å². The zero-order valence-electron chi connectivity index (χ0n) is 16.3. The lowest BCUT2D eigenvalue weighted by Gasteiger charge is -2.14. The first-order valence-corrected chi connectivity index (χ1v) is 10.2. The fourth-order valence-corrected chi connectivity index (χ4v) is 3.54. The van der Waals surface area contributed by atoms with Gasteiger partial charge in [-0.3, -0.25) is 15.0 Å². The quantitative estimate of drug-likeness (QED) is 0.437. The number of amides is 2. The summed E-state index contributed by atoms with van der Waals surface area (Å²) >= 11 is 3.45. The fourth-order valence-electron chi connectivity index (χ4n) is 3.16. The molecule has 0 bridgehead atoms. The van der Waals surface area contributed by atoms with Crippen molar-refractivity contribution in [1.82, 2.24) is 5.43 Å². The predicted molar refractivity (Wildman–Crippen MR) is 120 cm³/mol. The molecule has 0 radical (unpaired) electrons. The molecule has 1 aliphatic rings. The zero-order chi connectivity index (χ0) is 21.1. The van der Waals surface area contributed by atoms with E-state index in [2.05, 4.69) is 21.4 Å². The molecule has 0 saturated carbocycles. The van der Waals surface area contributed by atoms with Gasteiger partial charge in [0.1, 0.15) is 17.9 Å². The molecule has 2 amide bonds. The molecule has 3 aromatic carbocycles. The number of benzene rings is 3. The van der Waals surface area contributed by atoms with E-state index >= 15 is 0 Å². The summed E-state index contributed by atoms with van der Waals surface area (Å²) in [4.78, 5) is 25.4. The highest BCUT2D eigenvalue weighted by atomic mass is 79.9. The van der Waals surface area contributed by atoms with Crippen molar-refractivity contribution < 1.29 is 14.3 Å². The van der Waals surface area contributed by atoms with Gasteiger partial charge in [-0.1, -0.05) is 58.4 Å². The van der Waals surface area contributed by atoms with Crippen molar-refractivity contribution in [1.29, 1.82) is 0 Å². The lowest BCUT2D eigenvalue weighted by Crippen LogP contribution is -2.35. The molecule has 1 saturated heterocycles. The standard InChI is InChI=1S/C24H19BrN2O3/c1-16-7-5-6-8-17(16)15-30-22-12-11-19(25)13-18(22)14-21-23(28)26-27(24(21)29)20-9-3-2-4-10-20/h2-14H,15H2,1H3,(H,26,28)/b21-14+. The maximum Gasteiger partial charge on any atom is 0.282 e. The molecule has 5 nitrogen and oxygen atoms in total. The van der Waals surface area contributed by atoms with Crippen LogP contribution in [-0.2, 0) is 16.2 Å². The second kappa shape index (κ2) is 8.55. The van der Waals surface area contributed by atoms with Crippen LogP contribution in [-0.4, -0.2) is 11.8 Å². The molecule has 0 aliphatic carbocycles. The van der Waals surface area contributed by atoms with Crippen LogP contribution < -0.4 is 15.2 Å². The normalized spacial score (nSPS) is 14.9. The molecule has 6 heteroatoms. The molecule has 4 rings (SSSR count). The molecule has 30 heavy (non-hydrogen) atoms. The second-order valence-corrected chi connectivity index (χ2v) is 7.79. The maximum absolute atomic E-state index is 12.9. The van der Waals surface area contributed by atoms with Crippen LogP contribution in [0.3, 0.4) is 0 Å². The van der Waals surface area contributed by atoms with Crippen LogP contribution in [0.1, 0.15) is 16.7 Å². The Labute approximate surface area is 183 Å². The van der Waals surface area contributed by atoms with E-state index in [0.717, 1.165) is 15.6 Å². The monoisotopic (exact) mass is 462 g/mol. The Balaban J connectivity index is 1.63. The third-order valence-corrected chi connectivity index (χ3v) is 5.32. The smallest absolute Gasteiger partial charge is 0.282 e. The Morgan fingerprint density at radius 1 is 1.00 bits per heavy atom. The van der Waals surface area contributed by atoms with Crippen molar-refractivity contribution >= 4 is 39.5 Å². The van der Waals surface area contributed by atoms with Gasteiger partial charge < -0.3 is 4.74 Å². The Hall–Kier alpha value is -3.38. The summed E-state index contributed by atoms with van der Waals surface area (Å²) in [5, 5.41) is 1.25. The lowest BCUT2D eigenvalue weighted by molar-refractivity contribution is -0.117. The molecule has 1 N–H and O–H groups in total. The number of nitrogens with zero attached hydrogens (tertiary/aromatic N) is 1. The SMILES string of the molecule is Cc1ccccc1COc1ccc(Br)cc1/C=C1\C(=O)NN(c2ccccc2)C1=O. The van der Waals surface area contributed by atoms with Crippen LogP contribution in [0.25, 0.3) is 6.08 Å². The Morgan fingerprint density at radius 3 is 2.50 bits per heavy atom. The van der Waals surface area contributed by atoms with Gasteiger partial charge in [0.15, 0.2) is 0 Å². The summed E-state index contributed by atoms with van der Waals surface area (Å²) in [7, 11) is 0. The van der Waals surface area contributed by atoms with Gasteiger partial charge in [0, 0.05) is 10.0 Å².